The summed E-state index contributed by atoms with van der Waals surface area (Å²) in [6, 6.07) is 11.3. The average Bonchev–Trinajstić information content (AvgIpc) is 2.55. The van der Waals surface area contributed by atoms with Crippen molar-refractivity contribution in [3.63, 3.8) is 0 Å². The number of nitrogens with zero attached hydrogens (tertiary/aromatic N) is 1. The first-order valence-electron chi connectivity index (χ1n) is 7.91. The zero-order valence-electron chi connectivity index (χ0n) is 14.2. The van der Waals surface area contributed by atoms with E-state index in [-0.39, 0.29) is 24.2 Å². The summed E-state index contributed by atoms with van der Waals surface area (Å²) in [7, 11) is 0. The van der Waals surface area contributed by atoms with Gasteiger partial charge in [0.1, 0.15) is 5.82 Å². The highest BCUT2D eigenvalue weighted by molar-refractivity contribution is 6.30. The van der Waals surface area contributed by atoms with Crippen LogP contribution in [0.4, 0.5) is 10.1 Å². The van der Waals surface area contributed by atoms with Crippen LogP contribution in [0.15, 0.2) is 42.5 Å². The molecule has 0 fully saturated rings. The number of nitrogens with one attached hydrogen (secondary N) is 1. The van der Waals surface area contributed by atoms with E-state index in [0.717, 1.165) is 11.1 Å². The Kier molecular flexibility index (Phi) is 6.53. The van der Waals surface area contributed by atoms with Crippen molar-refractivity contribution < 1.29 is 14.0 Å². The van der Waals surface area contributed by atoms with Gasteiger partial charge in [-0.1, -0.05) is 23.7 Å². The molecular weight excluding hydrogens is 343 g/mol. The summed E-state index contributed by atoms with van der Waals surface area (Å²) in [5.41, 5.74) is 2.42. The van der Waals surface area contributed by atoms with Crippen LogP contribution < -0.4 is 5.32 Å². The third-order valence-electron chi connectivity index (χ3n) is 3.83. The van der Waals surface area contributed by atoms with Crippen molar-refractivity contribution in [1.82, 2.24) is 4.90 Å². The third-order valence-corrected chi connectivity index (χ3v) is 4.06. The lowest BCUT2D eigenvalue weighted by molar-refractivity contribution is -0.132. The van der Waals surface area contributed by atoms with Gasteiger partial charge in [0.2, 0.25) is 11.8 Å². The second-order valence-corrected chi connectivity index (χ2v) is 6.26. The predicted molar refractivity (Wildman–Crippen MR) is 97.2 cm³/mol. The van der Waals surface area contributed by atoms with Crippen molar-refractivity contribution in [1.29, 1.82) is 0 Å². The molecule has 0 aliphatic heterocycles. The van der Waals surface area contributed by atoms with E-state index < -0.39 is 0 Å². The summed E-state index contributed by atoms with van der Waals surface area (Å²) in [6.07, 6.45) is 0.549. The van der Waals surface area contributed by atoms with Gasteiger partial charge < -0.3 is 10.2 Å². The van der Waals surface area contributed by atoms with E-state index in [4.69, 9.17) is 11.6 Å². The molecule has 1 N–H and O–H groups in total. The van der Waals surface area contributed by atoms with Crippen molar-refractivity contribution in [3.05, 3.63) is 64.4 Å². The maximum absolute atomic E-state index is 12.9. The summed E-state index contributed by atoms with van der Waals surface area (Å²) >= 11 is 5.90. The Labute approximate surface area is 151 Å². The topological polar surface area (TPSA) is 49.4 Å². The highest BCUT2D eigenvalue weighted by Gasteiger charge is 2.14. The Hall–Kier alpha value is -2.40. The lowest BCUT2D eigenvalue weighted by Gasteiger charge is -2.21. The van der Waals surface area contributed by atoms with E-state index in [1.165, 1.54) is 24.0 Å². The van der Waals surface area contributed by atoms with Gasteiger partial charge in [-0.2, -0.15) is 0 Å². The summed E-state index contributed by atoms with van der Waals surface area (Å²) in [6.45, 7) is 3.61. The van der Waals surface area contributed by atoms with E-state index in [0.29, 0.717) is 23.7 Å². The first kappa shape index (κ1) is 18.9. The molecule has 0 aliphatic rings. The van der Waals surface area contributed by atoms with Gasteiger partial charge in [0.25, 0.3) is 0 Å². The number of anilines is 1. The molecule has 2 rings (SSSR count). The number of aryl methyl sites for hydroxylation is 1. The number of halogens is 2. The number of rotatable bonds is 6. The lowest BCUT2D eigenvalue weighted by Crippen LogP contribution is -2.38. The maximum atomic E-state index is 12.9. The third kappa shape index (κ3) is 5.87. The SMILES string of the molecule is CC(=O)N(CCc1ccc(F)cc1)CC(=O)Nc1ccc(Cl)cc1C. The van der Waals surface area contributed by atoms with Crippen LogP contribution in [0.5, 0.6) is 0 Å². The van der Waals surface area contributed by atoms with Gasteiger partial charge in [-0.05, 0) is 54.8 Å². The molecule has 0 atom stereocenters. The Morgan fingerprint density at radius 3 is 2.44 bits per heavy atom. The van der Waals surface area contributed by atoms with Gasteiger partial charge in [0, 0.05) is 24.2 Å². The van der Waals surface area contributed by atoms with Gasteiger partial charge in [-0.25, -0.2) is 4.39 Å². The summed E-state index contributed by atoms with van der Waals surface area (Å²) in [5.74, 6) is -0.769. The van der Waals surface area contributed by atoms with E-state index >= 15 is 0 Å². The molecule has 4 nitrogen and oxygen atoms in total. The second kappa shape index (κ2) is 8.62. The standard InChI is InChI=1S/C19H20ClFN2O2/c1-13-11-16(20)5-8-18(13)22-19(25)12-23(14(2)24)10-9-15-3-6-17(21)7-4-15/h3-8,11H,9-10,12H2,1-2H3,(H,22,25). The molecule has 2 aromatic carbocycles. The van der Waals surface area contributed by atoms with Crippen molar-refractivity contribution in [2.45, 2.75) is 20.3 Å². The molecule has 132 valence electrons. The Balaban J connectivity index is 1.94. The fourth-order valence-corrected chi connectivity index (χ4v) is 2.62. The molecule has 2 amide bonds. The summed E-state index contributed by atoms with van der Waals surface area (Å²) in [5, 5.41) is 3.38. The van der Waals surface area contributed by atoms with Crippen LogP contribution in [0.1, 0.15) is 18.1 Å². The molecule has 0 unspecified atom stereocenters. The quantitative estimate of drug-likeness (QED) is 0.849. The molecule has 6 heteroatoms. The largest absolute Gasteiger partial charge is 0.333 e. The Bertz CT molecular complexity index is 763. The van der Waals surface area contributed by atoms with Crippen molar-refractivity contribution >= 4 is 29.1 Å². The maximum Gasteiger partial charge on any atom is 0.244 e. The molecule has 0 aliphatic carbocycles. The monoisotopic (exact) mass is 362 g/mol. The minimum atomic E-state index is -0.301. The fraction of sp³-hybridized carbons (Fsp3) is 0.263. The lowest BCUT2D eigenvalue weighted by atomic mass is 10.1. The number of hydrogen-bond donors (Lipinski definition) is 1. The number of benzene rings is 2. The van der Waals surface area contributed by atoms with Gasteiger partial charge in [-0.15, -0.1) is 0 Å². The van der Waals surface area contributed by atoms with Crippen LogP contribution in [0.25, 0.3) is 0 Å². The zero-order valence-corrected chi connectivity index (χ0v) is 14.9. The smallest absolute Gasteiger partial charge is 0.244 e. The molecule has 0 saturated carbocycles. The first-order valence-corrected chi connectivity index (χ1v) is 8.29. The molecule has 0 spiro atoms. The van der Waals surface area contributed by atoms with Crippen molar-refractivity contribution in [2.24, 2.45) is 0 Å². The number of hydrogen-bond acceptors (Lipinski definition) is 2. The normalized spacial score (nSPS) is 10.4. The summed E-state index contributed by atoms with van der Waals surface area (Å²) in [4.78, 5) is 25.5. The van der Waals surface area contributed by atoms with Gasteiger partial charge >= 0.3 is 0 Å². The highest BCUT2D eigenvalue weighted by Crippen LogP contribution is 2.19. The molecule has 0 radical (unpaired) electrons. The van der Waals surface area contributed by atoms with Gasteiger partial charge in [0.15, 0.2) is 0 Å². The molecule has 0 heterocycles. The minimum Gasteiger partial charge on any atom is -0.333 e. The van der Waals surface area contributed by atoms with Crippen LogP contribution in [0, 0.1) is 12.7 Å². The predicted octanol–water partition coefficient (Wildman–Crippen LogP) is 3.82. The fourth-order valence-electron chi connectivity index (χ4n) is 2.39. The van der Waals surface area contributed by atoms with Crippen LogP contribution in [-0.4, -0.2) is 29.8 Å². The van der Waals surface area contributed by atoms with E-state index in [2.05, 4.69) is 5.32 Å². The highest BCUT2D eigenvalue weighted by atomic mass is 35.5. The number of carbonyl (C=O) groups excluding carboxylic acids is 2. The van der Waals surface area contributed by atoms with Crippen LogP contribution in [-0.2, 0) is 16.0 Å². The van der Waals surface area contributed by atoms with Crippen LogP contribution in [0.2, 0.25) is 5.02 Å². The van der Waals surface area contributed by atoms with Crippen LogP contribution in [0.3, 0.4) is 0 Å². The van der Waals surface area contributed by atoms with Crippen molar-refractivity contribution in [3.8, 4) is 0 Å². The molecular formula is C19H20ClFN2O2. The number of carbonyl (C=O) groups is 2. The van der Waals surface area contributed by atoms with Crippen molar-refractivity contribution in [2.75, 3.05) is 18.4 Å². The van der Waals surface area contributed by atoms with E-state index in [9.17, 15) is 14.0 Å². The second-order valence-electron chi connectivity index (χ2n) is 5.82. The average molecular weight is 363 g/mol. The Morgan fingerprint density at radius 2 is 1.84 bits per heavy atom. The molecule has 0 saturated heterocycles. The zero-order chi connectivity index (χ0) is 18.4. The number of amides is 2. The van der Waals surface area contributed by atoms with E-state index in [1.54, 1.807) is 30.3 Å². The molecule has 25 heavy (non-hydrogen) atoms. The minimum absolute atomic E-state index is 0.0431. The molecule has 0 bridgehead atoms. The van der Waals surface area contributed by atoms with E-state index in [1.807, 2.05) is 6.92 Å². The summed E-state index contributed by atoms with van der Waals surface area (Å²) < 4.78 is 12.9. The van der Waals surface area contributed by atoms with Crippen LogP contribution >= 0.6 is 11.6 Å². The Morgan fingerprint density at radius 1 is 1.16 bits per heavy atom. The first-order chi connectivity index (χ1) is 11.8. The molecule has 0 aromatic heterocycles. The molecule has 2 aromatic rings. The van der Waals surface area contributed by atoms with Gasteiger partial charge in [0.05, 0.1) is 6.54 Å². The van der Waals surface area contributed by atoms with Gasteiger partial charge in [-0.3, -0.25) is 9.59 Å².